The summed E-state index contributed by atoms with van der Waals surface area (Å²) in [6.45, 7) is 11.0. The third-order valence-corrected chi connectivity index (χ3v) is 8.56. The summed E-state index contributed by atoms with van der Waals surface area (Å²) in [6.07, 6.45) is 6.37. The zero-order valence-electron chi connectivity index (χ0n) is 20.1. The van der Waals surface area contributed by atoms with Gasteiger partial charge in [-0.3, -0.25) is 4.79 Å². The van der Waals surface area contributed by atoms with Gasteiger partial charge in [0.2, 0.25) is 15.9 Å². The lowest BCUT2D eigenvalue weighted by Crippen LogP contribution is -2.47. The van der Waals surface area contributed by atoms with Crippen LogP contribution in [-0.2, 0) is 21.2 Å². The monoisotopic (exact) mass is 463 g/mol. The Morgan fingerprint density at radius 2 is 1.62 bits per heavy atom. The molecular formula is C25H41N3O3S. The molecule has 3 rings (SSSR count). The predicted octanol–water partition coefficient (Wildman–Crippen LogP) is 3.67. The van der Waals surface area contributed by atoms with E-state index >= 15 is 0 Å². The Labute approximate surface area is 194 Å². The van der Waals surface area contributed by atoms with Gasteiger partial charge in [0.1, 0.15) is 0 Å². The van der Waals surface area contributed by atoms with Crippen LogP contribution in [0.25, 0.3) is 0 Å². The molecule has 2 saturated heterocycles. The van der Waals surface area contributed by atoms with Crippen molar-refractivity contribution in [3.05, 3.63) is 29.8 Å². The topological polar surface area (TPSA) is 69.7 Å². The van der Waals surface area contributed by atoms with E-state index in [0.29, 0.717) is 42.7 Å². The van der Waals surface area contributed by atoms with Crippen LogP contribution in [0.3, 0.4) is 0 Å². The van der Waals surface area contributed by atoms with Crippen molar-refractivity contribution in [1.29, 1.82) is 0 Å². The second-order valence-electron chi connectivity index (χ2n) is 10.1. The lowest BCUT2D eigenvalue weighted by atomic mass is 9.92. The first-order chi connectivity index (χ1) is 15.2. The lowest BCUT2D eigenvalue weighted by Gasteiger charge is -2.36. The second-order valence-corrected chi connectivity index (χ2v) is 12.0. The molecule has 0 saturated carbocycles. The van der Waals surface area contributed by atoms with E-state index in [9.17, 15) is 13.2 Å². The van der Waals surface area contributed by atoms with Crippen molar-refractivity contribution in [2.45, 2.75) is 76.7 Å². The Morgan fingerprint density at radius 1 is 1.03 bits per heavy atom. The van der Waals surface area contributed by atoms with Crippen LogP contribution in [0, 0.1) is 11.8 Å². The third kappa shape index (κ3) is 7.29. The zero-order chi connectivity index (χ0) is 23.1. The average Bonchev–Trinajstić information content (AvgIpc) is 3.02. The van der Waals surface area contributed by atoms with E-state index in [0.717, 1.165) is 50.9 Å². The molecule has 3 atom stereocenters. The van der Waals surface area contributed by atoms with Gasteiger partial charge < -0.3 is 10.2 Å². The van der Waals surface area contributed by atoms with E-state index in [2.05, 4.69) is 31.0 Å². The zero-order valence-corrected chi connectivity index (χ0v) is 20.9. The van der Waals surface area contributed by atoms with Gasteiger partial charge in [0.25, 0.3) is 0 Å². The molecule has 0 aromatic heterocycles. The van der Waals surface area contributed by atoms with Gasteiger partial charge in [0.15, 0.2) is 0 Å². The molecule has 2 aliphatic rings. The summed E-state index contributed by atoms with van der Waals surface area (Å²) in [5.74, 6) is 1.48. The van der Waals surface area contributed by atoms with Crippen LogP contribution in [0.5, 0.6) is 0 Å². The fourth-order valence-corrected chi connectivity index (χ4v) is 6.76. The minimum atomic E-state index is -3.42. The number of likely N-dealkylation sites (tertiary alicyclic amines) is 1. The highest BCUT2D eigenvalue weighted by Gasteiger charge is 2.25. The number of carbonyl (C=O) groups is 1. The number of amides is 1. The molecule has 6 nitrogen and oxygen atoms in total. The largest absolute Gasteiger partial charge is 0.352 e. The molecule has 7 heteroatoms. The first-order valence-corrected chi connectivity index (χ1v) is 13.8. The van der Waals surface area contributed by atoms with Gasteiger partial charge in [-0.15, -0.1) is 0 Å². The van der Waals surface area contributed by atoms with E-state index in [4.69, 9.17) is 0 Å². The first-order valence-electron chi connectivity index (χ1n) is 12.3. The number of sulfonamides is 1. The summed E-state index contributed by atoms with van der Waals surface area (Å²) in [5.41, 5.74) is 0.987. The van der Waals surface area contributed by atoms with Gasteiger partial charge in [-0.2, -0.15) is 4.31 Å². The first kappa shape index (κ1) is 25.2. The molecule has 0 spiro atoms. The SMILES string of the molecule is CC1CC(C)CN(CC(C)NC(=O)CCc2ccc(S(=O)(=O)N3CCCCCC3)cc2)C1. The molecule has 2 fully saturated rings. The summed E-state index contributed by atoms with van der Waals surface area (Å²) < 4.78 is 27.4. The molecular weight excluding hydrogens is 422 g/mol. The maximum absolute atomic E-state index is 12.9. The lowest BCUT2D eigenvalue weighted by molar-refractivity contribution is -0.121. The number of rotatable bonds is 8. The Bertz CT molecular complexity index is 822. The molecule has 1 amide bonds. The Morgan fingerprint density at radius 3 is 2.22 bits per heavy atom. The molecule has 3 unspecified atom stereocenters. The van der Waals surface area contributed by atoms with E-state index in [1.807, 2.05) is 12.1 Å². The van der Waals surface area contributed by atoms with Gasteiger partial charge >= 0.3 is 0 Å². The molecule has 0 aliphatic carbocycles. The van der Waals surface area contributed by atoms with Crippen LogP contribution in [0.2, 0.25) is 0 Å². The molecule has 2 heterocycles. The number of hydrogen-bond donors (Lipinski definition) is 1. The Kier molecular flexibility index (Phi) is 9.14. The van der Waals surface area contributed by atoms with E-state index < -0.39 is 10.0 Å². The predicted molar refractivity (Wildman–Crippen MR) is 129 cm³/mol. The summed E-state index contributed by atoms with van der Waals surface area (Å²) in [6, 6.07) is 7.19. The number of carbonyl (C=O) groups excluding carboxylic acids is 1. The van der Waals surface area contributed by atoms with E-state index in [1.54, 1.807) is 16.4 Å². The van der Waals surface area contributed by atoms with Crippen molar-refractivity contribution < 1.29 is 13.2 Å². The van der Waals surface area contributed by atoms with Crippen LogP contribution in [0.1, 0.15) is 64.9 Å². The number of benzene rings is 1. The summed E-state index contributed by atoms with van der Waals surface area (Å²) in [5, 5.41) is 3.13. The molecule has 32 heavy (non-hydrogen) atoms. The van der Waals surface area contributed by atoms with Gasteiger partial charge in [0.05, 0.1) is 4.90 Å². The number of aryl methyl sites for hydroxylation is 1. The molecule has 1 N–H and O–H groups in total. The quantitative estimate of drug-likeness (QED) is 0.639. The number of nitrogens with zero attached hydrogens (tertiary/aromatic N) is 2. The highest BCUT2D eigenvalue weighted by Crippen LogP contribution is 2.22. The molecule has 0 bridgehead atoms. The van der Waals surface area contributed by atoms with Crippen molar-refractivity contribution in [3.63, 3.8) is 0 Å². The molecule has 1 aromatic carbocycles. The third-order valence-electron chi connectivity index (χ3n) is 6.65. The highest BCUT2D eigenvalue weighted by atomic mass is 32.2. The smallest absolute Gasteiger partial charge is 0.243 e. The van der Waals surface area contributed by atoms with Gasteiger partial charge in [-0.05, 0) is 62.1 Å². The van der Waals surface area contributed by atoms with Crippen molar-refractivity contribution in [3.8, 4) is 0 Å². The average molecular weight is 464 g/mol. The van der Waals surface area contributed by atoms with Crippen molar-refractivity contribution in [1.82, 2.24) is 14.5 Å². The Hall–Kier alpha value is -1.44. The minimum Gasteiger partial charge on any atom is -0.352 e. The van der Waals surface area contributed by atoms with Crippen LogP contribution >= 0.6 is 0 Å². The normalized spacial score (nSPS) is 24.6. The number of nitrogens with one attached hydrogen (secondary N) is 1. The summed E-state index contributed by atoms with van der Waals surface area (Å²) in [7, 11) is -3.42. The summed E-state index contributed by atoms with van der Waals surface area (Å²) >= 11 is 0. The Balaban J connectivity index is 1.45. The standard InChI is InChI=1S/C25H41N3O3S/c1-20-16-21(2)18-27(17-20)19-22(3)26-25(29)13-10-23-8-11-24(12-9-23)32(30,31)28-14-6-4-5-7-15-28/h8-9,11-12,20-22H,4-7,10,13-19H2,1-3H3,(H,26,29). The fourth-order valence-electron chi connectivity index (χ4n) is 5.24. The molecule has 2 aliphatic heterocycles. The van der Waals surface area contributed by atoms with Crippen LogP contribution in [0.4, 0.5) is 0 Å². The van der Waals surface area contributed by atoms with E-state index in [1.165, 1.54) is 6.42 Å². The van der Waals surface area contributed by atoms with E-state index in [-0.39, 0.29) is 11.9 Å². The minimum absolute atomic E-state index is 0.0527. The van der Waals surface area contributed by atoms with Crippen LogP contribution in [0.15, 0.2) is 29.2 Å². The van der Waals surface area contributed by atoms with Gasteiger partial charge in [0, 0.05) is 45.2 Å². The molecule has 180 valence electrons. The molecule has 1 aromatic rings. The number of hydrogen-bond acceptors (Lipinski definition) is 4. The van der Waals surface area contributed by atoms with Crippen LogP contribution < -0.4 is 5.32 Å². The van der Waals surface area contributed by atoms with Gasteiger partial charge in [-0.1, -0.05) is 38.8 Å². The maximum atomic E-state index is 12.9. The van der Waals surface area contributed by atoms with Crippen molar-refractivity contribution >= 4 is 15.9 Å². The molecule has 0 radical (unpaired) electrons. The van der Waals surface area contributed by atoms with Crippen LogP contribution in [-0.4, -0.2) is 62.3 Å². The highest BCUT2D eigenvalue weighted by molar-refractivity contribution is 7.89. The fraction of sp³-hybridized carbons (Fsp3) is 0.720. The maximum Gasteiger partial charge on any atom is 0.243 e. The number of piperidine rings is 1. The second kappa shape index (κ2) is 11.6. The van der Waals surface area contributed by atoms with Crippen molar-refractivity contribution in [2.75, 3.05) is 32.7 Å². The summed E-state index contributed by atoms with van der Waals surface area (Å²) in [4.78, 5) is 15.2. The van der Waals surface area contributed by atoms with Crippen molar-refractivity contribution in [2.24, 2.45) is 11.8 Å². The van der Waals surface area contributed by atoms with Gasteiger partial charge in [-0.25, -0.2) is 8.42 Å².